The minimum Gasteiger partial charge on any atom is -0.416 e. The van der Waals surface area contributed by atoms with Crippen LogP contribution in [0.3, 0.4) is 0 Å². The number of nitrogens with zero attached hydrogens (tertiary/aromatic N) is 4. The summed E-state index contributed by atoms with van der Waals surface area (Å²) in [5, 5.41) is 21.4. The third-order valence-corrected chi connectivity index (χ3v) is 3.61. The average molecular weight is 301 g/mol. The molecule has 0 aliphatic heterocycles. The molecule has 0 aliphatic rings. The highest BCUT2D eigenvalue weighted by molar-refractivity contribution is 7.99. The monoisotopic (exact) mass is 301 g/mol. The van der Waals surface area contributed by atoms with E-state index in [4.69, 9.17) is 15.4 Å². The van der Waals surface area contributed by atoms with Crippen molar-refractivity contribution in [3.63, 3.8) is 0 Å². The Labute approximate surface area is 123 Å². The van der Waals surface area contributed by atoms with E-state index in [1.807, 2.05) is 30.3 Å². The lowest BCUT2D eigenvalue weighted by atomic mass is 10.1. The first-order valence-electron chi connectivity index (χ1n) is 6.03. The number of rotatable bonds is 3. The third kappa shape index (κ3) is 2.65. The quantitative estimate of drug-likeness (QED) is 0.330. The van der Waals surface area contributed by atoms with Crippen molar-refractivity contribution < 1.29 is 9.62 Å². The van der Waals surface area contributed by atoms with E-state index in [0.717, 1.165) is 10.9 Å². The predicted octanol–water partition coefficient (Wildman–Crippen LogP) is 2.17. The molecular formula is C13H11N5O2S. The van der Waals surface area contributed by atoms with Crippen LogP contribution in [0.4, 0.5) is 0 Å². The van der Waals surface area contributed by atoms with Gasteiger partial charge in [0, 0.05) is 12.3 Å². The van der Waals surface area contributed by atoms with Gasteiger partial charge in [-0.3, -0.25) is 0 Å². The zero-order valence-electron chi connectivity index (χ0n) is 11.0. The molecule has 7 nitrogen and oxygen atoms in total. The molecule has 8 heteroatoms. The maximum absolute atomic E-state index is 8.93. The maximum Gasteiger partial charge on any atom is 0.282 e. The average Bonchev–Trinajstić information content (AvgIpc) is 2.91. The molecule has 0 unspecified atom stereocenters. The molecule has 0 radical (unpaired) electrons. The number of para-hydroxylation sites is 1. The Balaban J connectivity index is 2.13. The van der Waals surface area contributed by atoms with Crippen LogP contribution in [0.15, 0.2) is 50.2 Å². The summed E-state index contributed by atoms with van der Waals surface area (Å²) < 4.78 is 5.33. The molecule has 0 bridgehead atoms. The topological polar surface area (TPSA) is 110 Å². The fourth-order valence-corrected chi connectivity index (χ4v) is 2.64. The molecule has 0 fully saturated rings. The van der Waals surface area contributed by atoms with Crippen molar-refractivity contribution in [2.24, 2.45) is 10.9 Å². The van der Waals surface area contributed by atoms with E-state index in [1.165, 1.54) is 11.8 Å². The van der Waals surface area contributed by atoms with E-state index in [9.17, 15) is 0 Å². The molecular weight excluding hydrogens is 290 g/mol. The van der Waals surface area contributed by atoms with Crippen LogP contribution in [-0.4, -0.2) is 26.2 Å². The highest BCUT2D eigenvalue weighted by Crippen LogP contribution is 2.30. The normalized spacial score (nSPS) is 12.0. The number of aryl methyl sites for hydroxylation is 1. The lowest BCUT2D eigenvalue weighted by molar-refractivity contribution is 0.318. The minimum absolute atomic E-state index is 0.0213. The van der Waals surface area contributed by atoms with Crippen molar-refractivity contribution in [2.45, 2.75) is 17.2 Å². The highest BCUT2D eigenvalue weighted by atomic mass is 32.2. The first-order chi connectivity index (χ1) is 10.2. The Hall–Kier alpha value is -2.61. The van der Waals surface area contributed by atoms with Gasteiger partial charge in [-0.25, -0.2) is 4.98 Å². The third-order valence-electron chi connectivity index (χ3n) is 2.76. The Kier molecular flexibility index (Phi) is 3.44. The lowest BCUT2D eigenvalue weighted by Crippen LogP contribution is -2.15. The summed E-state index contributed by atoms with van der Waals surface area (Å²) in [7, 11) is 0. The van der Waals surface area contributed by atoms with Gasteiger partial charge in [-0.05, 0) is 23.9 Å². The zero-order chi connectivity index (χ0) is 14.8. The van der Waals surface area contributed by atoms with Crippen molar-refractivity contribution >= 4 is 28.5 Å². The summed E-state index contributed by atoms with van der Waals surface area (Å²) in [6.45, 7) is 1.70. The Morgan fingerprint density at radius 3 is 2.86 bits per heavy atom. The second kappa shape index (κ2) is 5.41. The molecule has 0 amide bonds. The summed E-state index contributed by atoms with van der Waals surface area (Å²) in [6, 6.07) is 9.39. The molecule has 3 aromatic rings. The summed E-state index contributed by atoms with van der Waals surface area (Å²) in [5.41, 5.74) is 7.03. The molecule has 0 aliphatic carbocycles. The van der Waals surface area contributed by atoms with Crippen LogP contribution < -0.4 is 5.73 Å². The Bertz CT molecular complexity index is 830. The van der Waals surface area contributed by atoms with Gasteiger partial charge in [0.1, 0.15) is 5.03 Å². The SMILES string of the molecule is Cc1nnc(Sc2nc3ccccc3cc2C(N)=NO)o1. The maximum atomic E-state index is 8.93. The number of nitrogens with two attached hydrogens (primary N) is 1. The smallest absolute Gasteiger partial charge is 0.282 e. The van der Waals surface area contributed by atoms with Gasteiger partial charge >= 0.3 is 0 Å². The van der Waals surface area contributed by atoms with E-state index in [-0.39, 0.29) is 5.84 Å². The number of oxime groups is 1. The van der Waals surface area contributed by atoms with Crippen LogP contribution in [-0.2, 0) is 0 Å². The second-order valence-corrected chi connectivity index (χ2v) is 5.15. The van der Waals surface area contributed by atoms with Crippen LogP contribution in [0.5, 0.6) is 0 Å². The van der Waals surface area contributed by atoms with Crippen molar-refractivity contribution in [2.75, 3.05) is 0 Å². The number of hydrogen-bond acceptors (Lipinski definition) is 7. The molecule has 21 heavy (non-hydrogen) atoms. The molecule has 1 aromatic carbocycles. The van der Waals surface area contributed by atoms with Crippen molar-refractivity contribution in [1.82, 2.24) is 15.2 Å². The van der Waals surface area contributed by atoms with Gasteiger partial charge in [0.2, 0.25) is 5.89 Å². The summed E-state index contributed by atoms with van der Waals surface area (Å²) in [4.78, 5) is 4.51. The zero-order valence-corrected chi connectivity index (χ0v) is 11.8. The predicted molar refractivity (Wildman–Crippen MR) is 77.4 cm³/mol. The number of hydrogen-bond donors (Lipinski definition) is 2. The van der Waals surface area contributed by atoms with Crippen molar-refractivity contribution in [1.29, 1.82) is 0 Å². The standard InChI is InChI=1S/C13H11N5O2S/c1-7-16-17-13(20-7)21-12-9(11(14)18-19)6-8-4-2-3-5-10(8)15-12/h2-6,19H,1H3,(H2,14,18). The van der Waals surface area contributed by atoms with E-state index in [0.29, 0.717) is 21.7 Å². The number of benzene rings is 1. The van der Waals surface area contributed by atoms with Crippen molar-refractivity contribution in [3.8, 4) is 0 Å². The van der Waals surface area contributed by atoms with Gasteiger partial charge < -0.3 is 15.4 Å². The molecule has 0 atom stereocenters. The molecule has 0 spiro atoms. The largest absolute Gasteiger partial charge is 0.416 e. The lowest BCUT2D eigenvalue weighted by Gasteiger charge is -2.07. The van der Waals surface area contributed by atoms with Gasteiger partial charge in [-0.2, -0.15) is 0 Å². The Morgan fingerprint density at radius 1 is 1.33 bits per heavy atom. The molecule has 2 aromatic heterocycles. The number of pyridine rings is 1. The summed E-state index contributed by atoms with van der Waals surface area (Å²) >= 11 is 1.17. The first-order valence-corrected chi connectivity index (χ1v) is 6.84. The van der Waals surface area contributed by atoms with Gasteiger partial charge in [0.15, 0.2) is 5.84 Å². The molecule has 3 rings (SSSR count). The number of amidine groups is 1. The van der Waals surface area contributed by atoms with E-state index in [1.54, 1.807) is 6.92 Å². The van der Waals surface area contributed by atoms with Crippen LogP contribution in [0.25, 0.3) is 10.9 Å². The Morgan fingerprint density at radius 2 is 2.14 bits per heavy atom. The van der Waals surface area contributed by atoms with Crippen molar-refractivity contribution in [3.05, 3.63) is 41.8 Å². The van der Waals surface area contributed by atoms with Gasteiger partial charge in [0.05, 0.1) is 11.1 Å². The van der Waals surface area contributed by atoms with Crippen LogP contribution in [0.1, 0.15) is 11.5 Å². The summed E-state index contributed by atoms with van der Waals surface area (Å²) in [5.74, 6) is 0.440. The number of fused-ring (bicyclic) bond motifs is 1. The van der Waals surface area contributed by atoms with Crippen LogP contribution in [0.2, 0.25) is 0 Å². The van der Waals surface area contributed by atoms with E-state index < -0.39 is 0 Å². The fraction of sp³-hybridized carbons (Fsp3) is 0.0769. The van der Waals surface area contributed by atoms with Crippen LogP contribution >= 0.6 is 11.8 Å². The molecule has 0 saturated heterocycles. The number of aromatic nitrogens is 3. The van der Waals surface area contributed by atoms with Gasteiger partial charge in [-0.15, -0.1) is 10.2 Å². The van der Waals surface area contributed by atoms with E-state index >= 15 is 0 Å². The summed E-state index contributed by atoms with van der Waals surface area (Å²) in [6.07, 6.45) is 0. The van der Waals surface area contributed by atoms with Gasteiger partial charge in [0.25, 0.3) is 5.22 Å². The second-order valence-electron chi connectivity index (χ2n) is 4.21. The molecule has 0 saturated carbocycles. The van der Waals surface area contributed by atoms with Crippen LogP contribution in [0, 0.1) is 6.92 Å². The molecule has 106 valence electrons. The van der Waals surface area contributed by atoms with E-state index in [2.05, 4.69) is 20.3 Å². The molecule has 3 N–H and O–H groups in total. The highest BCUT2D eigenvalue weighted by Gasteiger charge is 2.15. The minimum atomic E-state index is -0.0213. The molecule has 2 heterocycles. The van der Waals surface area contributed by atoms with Gasteiger partial charge in [-0.1, -0.05) is 23.4 Å². The first kappa shape index (κ1) is 13.4. The fourth-order valence-electron chi connectivity index (χ4n) is 1.82.